The van der Waals surface area contributed by atoms with E-state index in [9.17, 15) is 18.0 Å². The first-order valence-corrected chi connectivity index (χ1v) is 7.44. The lowest BCUT2D eigenvalue weighted by Gasteiger charge is -2.09. The van der Waals surface area contributed by atoms with Crippen molar-refractivity contribution in [3.8, 4) is 0 Å². The smallest absolute Gasteiger partial charge is 0.338 e. The minimum atomic E-state index is -3.97. The lowest BCUT2D eigenvalue weighted by Crippen LogP contribution is -2.36. The van der Waals surface area contributed by atoms with Crippen LogP contribution in [0, 0.1) is 0 Å². The van der Waals surface area contributed by atoms with E-state index in [0.717, 1.165) is 0 Å². The maximum absolute atomic E-state index is 11.8. The van der Waals surface area contributed by atoms with Crippen LogP contribution < -0.4 is 4.72 Å². The predicted molar refractivity (Wildman–Crippen MR) is 71.2 cm³/mol. The molecule has 1 aromatic carbocycles. The van der Waals surface area contributed by atoms with Crippen molar-refractivity contribution >= 4 is 22.0 Å². The van der Waals surface area contributed by atoms with Crippen molar-refractivity contribution in [2.45, 2.75) is 17.9 Å². The Labute approximate surface area is 121 Å². The van der Waals surface area contributed by atoms with Crippen molar-refractivity contribution in [1.29, 1.82) is 0 Å². The van der Waals surface area contributed by atoms with Crippen LogP contribution in [-0.2, 0) is 19.6 Å². The van der Waals surface area contributed by atoms with E-state index in [1.165, 1.54) is 24.3 Å². The number of carboxylic acid groups (broad SMARTS) is 1. The third kappa shape index (κ3) is 4.81. The van der Waals surface area contributed by atoms with E-state index in [4.69, 9.17) is 14.9 Å². The molecule has 3 N–H and O–H groups in total. The van der Waals surface area contributed by atoms with E-state index < -0.39 is 34.6 Å². The van der Waals surface area contributed by atoms with E-state index in [0.29, 0.717) is 0 Å². The molecule has 0 aliphatic rings. The quantitative estimate of drug-likeness (QED) is 0.583. The summed E-state index contributed by atoms with van der Waals surface area (Å²) in [6.07, 6.45) is -1.83. The van der Waals surface area contributed by atoms with Gasteiger partial charge in [0, 0.05) is 6.54 Å². The largest absolute Gasteiger partial charge is 0.479 e. The molecule has 0 aliphatic heterocycles. The molecule has 1 rings (SSSR count). The summed E-state index contributed by atoms with van der Waals surface area (Å²) in [5.41, 5.74) is 0.196. The van der Waals surface area contributed by atoms with Gasteiger partial charge in [0.05, 0.1) is 17.1 Å². The molecule has 0 saturated carbocycles. The topological polar surface area (TPSA) is 130 Å². The second-order valence-corrected chi connectivity index (χ2v) is 5.72. The number of esters is 1. The first kappa shape index (κ1) is 17.1. The molecule has 0 fully saturated rings. The minimum Gasteiger partial charge on any atom is -0.479 e. The van der Waals surface area contributed by atoms with E-state index in [1.807, 2.05) is 4.72 Å². The Bertz CT molecular complexity index is 609. The zero-order chi connectivity index (χ0) is 16.0. The molecule has 0 heterocycles. The first-order chi connectivity index (χ1) is 9.77. The highest BCUT2D eigenvalue weighted by Crippen LogP contribution is 2.11. The third-order valence-corrected chi connectivity index (χ3v) is 3.87. The number of benzene rings is 1. The number of carbonyl (C=O) groups is 2. The molecule has 0 spiro atoms. The lowest BCUT2D eigenvalue weighted by atomic mass is 10.2. The molecule has 8 nitrogen and oxygen atoms in total. The molecular weight excluding hydrogens is 302 g/mol. The fraction of sp³-hybridized carbons (Fsp3) is 0.333. The van der Waals surface area contributed by atoms with Crippen molar-refractivity contribution < 1.29 is 33.0 Å². The van der Waals surface area contributed by atoms with Gasteiger partial charge >= 0.3 is 11.9 Å². The highest BCUT2D eigenvalue weighted by molar-refractivity contribution is 7.89. The predicted octanol–water partition coefficient (Wildman–Crippen LogP) is -0.413. The molecule has 1 aromatic rings. The van der Waals surface area contributed by atoms with Gasteiger partial charge in [-0.2, -0.15) is 0 Å². The highest BCUT2D eigenvalue weighted by Gasteiger charge is 2.19. The van der Waals surface area contributed by atoms with Crippen LogP contribution in [0.3, 0.4) is 0 Å². The molecule has 0 amide bonds. The van der Waals surface area contributed by atoms with Gasteiger partial charge in [-0.25, -0.2) is 22.7 Å². The van der Waals surface area contributed by atoms with Crippen molar-refractivity contribution in [1.82, 2.24) is 4.72 Å². The fourth-order valence-electron chi connectivity index (χ4n) is 1.34. The highest BCUT2D eigenvalue weighted by atomic mass is 32.2. The van der Waals surface area contributed by atoms with E-state index >= 15 is 0 Å². The Morgan fingerprint density at radius 2 is 1.86 bits per heavy atom. The number of carboxylic acids is 1. The second-order valence-electron chi connectivity index (χ2n) is 3.95. The molecule has 21 heavy (non-hydrogen) atoms. The van der Waals surface area contributed by atoms with Crippen LogP contribution in [0.1, 0.15) is 17.3 Å². The minimum absolute atomic E-state index is 0.159. The number of ether oxygens (including phenoxy) is 1. The number of aliphatic hydroxyl groups excluding tert-OH is 1. The van der Waals surface area contributed by atoms with Crippen LogP contribution in [0.5, 0.6) is 0 Å². The summed E-state index contributed by atoms with van der Waals surface area (Å²) in [6, 6.07) is 4.92. The molecule has 0 unspecified atom stereocenters. The number of aliphatic carboxylic acids is 1. The van der Waals surface area contributed by atoms with Gasteiger partial charge in [0.1, 0.15) is 0 Å². The van der Waals surface area contributed by atoms with Crippen LogP contribution >= 0.6 is 0 Å². The van der Waals surface area contributed by atoms with Crippen molar-refractivity contribution in [3.63, 3.8) is 0 Å². The van der Waals surface area contributed by atoms with Gasteiger partial charge in [-0.05, 0) is 31.2 Å². The number of sulfonamides is 1. The Kier molecular flexibility index (Phi) is 5.82. The van der Waals surface area contributed by atoms with Crippen LogP contribution in [0.15, 0.2) is 29.2 Å². The molecule has 0 saturated heterocycles. The van der Waals surface area contributed by atoms with Crippen LogP contribution in [0.2, 0.25) is 0 Å². The molecule has 116 valence electrons. The standard InChI is InChI=1S/C12H15NO7S/c1-2-20-12(17)8-3-5-9(6-4-8)21(18,19)13-7-10(14)11(15)16/h3-6,10,13-14H,2,7H2,1H3,(H,15,16)/t10-/m0/s1. The maximum atomic E-state index is 11.8. The number of hydrogen-bond donors (Lipinski definition) is 3. The number of rotatable bonds is 7. The number of aliphatic hydroxyl groups is 1. The van der Waals surface area contributed by atoms with Gasteiger partial charge in [0.15, 0.2) is 6.10 Å². The zero-order valence-electron chi connectivity index (χ0n) is 11.1. The number of carbonyl (C=O) groups excluding carboxylic acids is 1. The number of hydrogen-bond acceptors (Lipinski definition) is 6. The van der Waals surface area contributed by atoms with Gasteiger partial charge in [-0.1, -0.05) is 0 Å². The van der Waals surface area contributed by atoms with E-state index in [1.54, 1.807) is 6.92 Å². The monoisotopic (exact) mass is 317 g/mol. The molecule has 9 heteroatoms. The summed E-state index contributed by atoms with van der Waals surface area (Å²) in [5, 5.41) is 17.5. The van der Waals surface area contributed by atoms with Crippen LogP contribution in [0.4, 0.5) is 0 Å². The Morgan fingerprint density at radius 3 is 2.33 bits per heavy atom. The summed E-state index contributed by atoms with van der Waals surface area (Å²) in [6.45, 7) is 1.19. The third-order valence-electron chi connectivity index (χ3n) is 2.43. The first-order valence-electron chi connectivity index (χ1n) is 5.95. The SMILES string of the molecule is CCOC(=O)c1ccc(S(=O)(=O)NC[C@H](O)C(=O)O)cc1. The van der Waals surface area contributed by atoms with E-state index in [2.05, 4.69) is 0 Å². The second kappa shape index (κ2) is 7.16. The number of nitrogens with one attached hydrogen (secondary N) is 1. The zero-order valence-corrected chi connectivity index (χ0v) is 12.0. The van der Waals surface area contributed by atoms with E-state index in [-0.39, 0.29) is 17.1 Å². The van der Waals surface area contributed by atoms with Crippen molar-refractivity contribution in [2.75, 3.05) is 13.2 Å². The fourth-order valence-corrected chi connectivity index (χ4v) is 2.38. The molecule has 0 bridgehead atoms. The summed E-state index contributed by atoms with van der Waals surface area (Å²) >= 11 is 0. The lowest BCUT2D eigenvalue weighted by molar-refractivity contribution is -0.146. The van der Waals surface area contributed by atoms with Gasteiger partial charge in [0.25, 0.3) is 0 Å². The summed E-state index contributed by atoms with van der Waals surface area (Å²) in [4.78, 5) is 21.6. The normalized spacial score (nSPS) is 12.7. The van der Waals surface area contributed by atoms with Crippen molar-refractivity contribution in [2.24, 2.45) is 0 Å². The summed E-state index contributed by atoms with van der Waals surface area (Å²) < 4.78 is 30.4. The van der Waals surface area contributed by atoms with Crippen molar-refractivity contribution in [3.05, 3.63) is 29.8 Å². The maximum Gasteiger partial charge on any atom is 0.338 e. The molecule has 0 radical (unpaired) electrons. The molecule has 0 aliphatic carbocycles. The van der Waals surface area contributed by atoms with Gasteiger partial charge in [0.2, 0.25) is 10.0 Å². The molecule has 0 aromatic heterocycles. The Hall–Kier alpha value is -1.97. The average Bonchev–Trinajstić information content (AvgIpc) is 2.45. The summed E-state index contributed by atoms with van der Waals surface area (Å²) in [7, 11) is -3.97. The van der Waals surface area contributed by atoms with Crippen LogP contribution in [0.25, 0.3) is 0 Å². The van der Waals surface area contributed by atoms with Crippen LogP contribution in [-0.4, -0.2) is 49.8 Å². The molecule has 1 atom stereocenters. The van der Waals surface area contributed by atoms with Gasteiger partial charge in [-0.3, -0.25) is 0 Å². The Balaban J connectivity index is 2.80. The van der Waals surface area contributed by atoms with Gasteiger partial charge in [-0.15, -0.1) is 0 Å². The van der Waals surface area contributed by atoms with Gasteiger partial charge < -0.3 is 14.9 Å². The Morgan fingerprint density at radius 1 is 1.29 bits per heavy atom. The average molecular weight is 317 g/mol. The molecular formula is C12H15NO7S. The summed E-state index contributed by atoms with van der Waals surface area (Å²) in [5.74, 6) is -2.11.